The van der Waals surface area contributed by atoms with E-state index in [9.17, 15) is 13.8 Å². The standard InChI is InChI=1S/C25H23ClN2O3S/c1-25(2,3)27-23(29)17-11-12-22-20(14-17)28(15-16-7-6-8-18(26)13-16)24(30)19-9-4-5-10-21(19)32(22)31/h4-14H,15H2,1-3H3,(H,27,29). The Morgan fingerprint density at radius 3 is 2.47 bits per heavy atom. The second kappa shape index (κ2) is 8.52. The Kier molecular flexibility index (Phi) is 5.93. The van der Waals surface area contributed by atoms with Gasteiger partial charge in [-0.1, -0.05) is 35.9 Å². The van der Waals surface area contributed by atoms with Crippen LogP contribution in [0.4, 0.5) is 5.69 Å². The zero-order valence-electron chi connectivity index (χ0n) is 18.0. The second-order valence-electron chi connectivity index (χ2n) is 8.67. The number of halogens is 1. The molecule has 0 saturated carbocycles. The summed E-state index contributed by atoms with van der Waals surface area (Å²) in [6.07, 6.45) is 0. The highest BCUT2D eigenvalue weighted by Crippen LogP contribution is 2.36. The number of hydrogen-bond acceptors (Lipinski definition) is 3. The van der Waals surface area contributed by atoms with E-state index < -0.39 is 16.3 Å². The van der Waals surface area contributed by atoms with Gasteiger partial charge in [-0.25, -0.2) is 4.21 Å². The number of anilines is 1. The van der Waals surface area contributed by atoms with Crippen molar-refractivity contribution in [2.45, 2.75) is 42.6 Å². The molecule has 1 aliphatic rings. The molecule has 0 aliphatic carbocycles. The predicted molar refractivity (Wildman–Crippen MR) is 127 cm³/mol. The lowest BCUT2D eigenvalue weighted by molar-refractivity contribution is 0.0917. The van der Waals surface area contributed by atoms with Gasteiger partial charge in [0.2, 0.25) is 0 Å². The molecule has 2 amide bonds. The van der Waals surface area contributed by atoms with Crippen LogP contribution >= 0.6 is 11.6 Å². The predicted octanol–water partition coefficient (Wildman–Crippen LogP) is 5.20. The molecule has 164 valence electrons. The third-order valence-electron chi connectivity index (χ3n) is 4.99. The van der Waals surface area contributed by atoms with Gasteiger partial charge in [-0.2, -0.15) is 0 Å². The van der Waals surface area contributed by atoms with Gasteiger partial charge in [0.15, 0.2) is 0 Å². The van der Waals surface area contributed by atoms with Gasteiger partial charge < -0.3 is 10.2 Å². The van der Waals surface area contributed by atoms with Crippen LogP contribution in [0, 0.1) is 0 Å². The maximum Gasteiger partial charge on any atom is 0.259 e. The monoisotopic (exact) mass is 466 g/mol. The molecule has 5 nitrogen and oxygen atoms in total. The Labute approximate surface area is 194 Å². The summed E-state index contributed by atoms with van der Waals surface area (Å²) in [4.78, 5) is 28.9. The van der Waals surface area contributed by atoms with Crippen LogP contribution in [0.15, 0.2) is 76.5 Å². The highest BCUT2D eigenvalue weighted by Gasteiger charge is 2.31. The lowest BCUT2D eigenvalue weighted by Gasteiger charge is -2.25. The van der Waals surface area contributed by atoms with Crippen LogP contribution in [-0.2, 0) is 17.3 Å². The van der Waals surface area contributed by atoms with E-state index >= 15 is 0 Å². The Morgan fingerprint density at radius 2 is 1.75 bits per heavy atom. The summed E-state index contributed by atoms with van der Waals surface area (Å²) in [7, 11) is -1.57. The average molecular weight is 467 g/mol. The van der Waals surface area contributed by atoms with Crippen LogP contribution in [0.1, 0.15) is 47.1 Å². The largest absolute Gasteiger partial charge is 0.347 e. The number of fused-ring (bicyclic) bond motifs is 2. The number of carbonyl (C=O) groups is 2. The molecular formula is C25H23ClN2O3S. The summed E-state index contributed by atoms with van der Waals surface area (Å²) in [5, 5.41) is 3.50. The van der Waals surface area contributed by atoms with E-state index in [1.54, 1.807) is 59.5 Å². The quantitative estimate of drug-likeness (QED) is 0.577. The molecule has 0 bridgehead atoms. The molecule has 1 unspecified atom stereocenters. The van der Waals surface area contributed by atoms with Crippen LogP contribution in [0.25, 0.3) is 0 Å². The minimum absolute atomic E-state index is 0.224. The third-order valence-corrected chi connectivity index (χ3v) is 6.73. The minimum atomic E-state index is -1.57. The van der Waals surface area contributed by atoms with Gasteiger partial charge in [-0.15, -0.1) is 0 Å². The van der Waals surface area contributed by atoms with E-state index in [1.807, 2.05) is 32.9 Å². The van der Waals surface area contributed by atoms with E-state index in [2.05, 4.69) is 5.32 Å². The van der Waals surface area contributed by atoms with Gasteiger partial charge in [0.25, 0.3) is 11.8 Å². The molecule has 0 spiro atoms. The normalized spacial score (nSPS) is 15.6. The van der Waals surface area contributed by atoms with Crippen LogP contribution in [0.3, 0.4) is 0 Å². The number of rotatable bonds is 3. The van der Waals surface area contributed by atoms with Crippen molar-refractivity contribution in [2.75, 3.05) is 4.90 Å². The zero-order chi connectivity index (χ0) is 23.0. The Hall–Kier alpha value is -2.96. The maximum absolute atomic E-state index is 13.6. The first-order chi connectivity index (χ1) is 15.1. The van der Waals surface area contributed by atoms with Crippen molar-refractivity contribution in [1.82, 2.24) is 5.32 Å². The lowest BCUT2D eigenvalue weighted by Crippen LogP contribution is -2.40. The summed E-state index contributed by atoms with van der Waals surface area (Å²) in [5.74, 6) is -0.538. The van der Waals surface area contributed by atoms with Crippen molar-refractivity contribution in [3.05, 3.63) is 88.4 Å². The molecule has 1 aliphatic heterocycles. The maximum atomic E-state index is 13.6. The van der Waals surface area contributed by atoms with Crippen molar-refractivity contribution in [2.24, 2.45) is 0 Å². The van der Waals surface area contributed by atoms with Crippen LogP contribution in [0.5, 0.6) is 0 Å². The highest BCUT2D eigenvalue weighted by molar-refractivity contribution is 7.85. The Bertz CT molecular complexity index is 1250. The van der Waals surface area contributed by atoms with Gasteiger partial charge >= 0.3 is 0 Å². The fraction of sp³-hybridized carbons (Fsp3) is 0.200. The van der Waals surface area contributed by atoms with E-state index in [4.69, 9.17) is 11.6 Å². The SMILES string of the molecule is CC(C)(C)NC(=O)c1ccc2c(c1)N(Cc1cccc(Cl)c1)C(=O)c1ccccc1S2=O. The molecule has 1 heterocycles. The first-order valence-electron chi connectivity index (χ1n) is 10.2. The Balaban J connectivity index is 1.87. The number of carbonyl (C=O) groups excluding carboxylic acids is 2. The molecule has 7 heteroatoms. The van der Waals surface area contributed by atoms with E-state index in [1.165, 1.54) is 0 Å². The summed E-state index contributed by atoms with van der Waals surface area (Å²) in [5.41, 5.74) is 1.63. The van der Waals surface area contributed by atoms with Crippen LogP contribution in [-0.4, -0.2) is 21.6 Å². The van der Waals surface area contributed by atoms with E-state index in [-0.39, 0.29) is 18.4 Å². The van der Waals surface area contributed by atoms with Crippen LogP contribution in [0.2, 0.25) is 5.02 Å². The molecule has 3 aromatic carbocycles. The number of hydrogen-bond donors (Lipinski definition) is 1. The molecule has 0 aromatic heterocycles. The molecule has 0 saturated heterocycles. The fourth-order valence-electron chi connectivity index (χ4n) is 3.59. The molecule has 32 heavy (non-hydrogen) atoms. The number of nitrogens with one attached hydrogen (secondary N) is 1. The highest BCUT2D eigenvalue weighted by atomic mass is 35.5. The van der Waals surface area contributed by atoms with E-state index in [0.717, 1.165) is 5.56 Å². The van der Waals surface area contributed by atoms with Gasteiger partial charge in [0.1, 0.15) is 0 Å². The second-order valence-corrected chi connectivity index (χ2v) is 10.5. The molecule has 1 atom stereocenters. The van der Waals surface area contributed by atoms with Gasteiger partial charge in [-0.05, 0) is 68.8 Å². The topological polar surface area (TPSA) is 66.5 Å². The van der Waals surface area contributed by atoms with Crippen molar-refractivity contribution in [1.29, 1.82) is 0 Å². The zero-order valence-corrected chi connectivity index (χ0v) is 19.6. The smallest absolute Gasteiger partial charge is 0.259 e. The lowest BCUT2D eigenvalue weighted by atomic mass is 10.1. The molecule has 0 radical (unpaired) electrons. The van der Waals surface area contributed by atoms with Crippen LogP contribution < -0.4 is 10.2 Å². The number of nitrogens with zero attached hydrogens (tertiary/aromatic N) is 1. The molecule has 3 aromatic rings. The van der Waals surface area contributed by atoms with Crippen molar-refractivity contribution in [3.63, 3.8) is 0 Å². The minimum Gasteiger partial charge on any atom is -0.347 e. The Morgan fingerprint density at radius 1 is 1.00 bits per heavy atom. The molecule has 1 N–H and O–H groups in total. The van der Waals surface area contributed by atoms with Crippen molar-refractivity contribution in [3.8, 4) is 0 Å². The van der Waals surface area contributed by atoms with Gasteiger partial charge in [-0.3, -0.25) is 9.59 Å². The fourth-order valence-corrected chi connectivity index (χ4v) is 5.15. The summed E-state index contributed by atoms with van der Waals surface area (Å²) in [6, 6.07) is 19.1. The summed E-state index contributed by atoms with van der Waals surface area (Å²) < 4.78 is 13.4. The van der Waals surface area contributed by atoms with Crippen molar-refractivity contribution < 1.29 is 13.8 Å². The third kappa shape index (κ3) is 4.47. The summed E-state index contributed by atoms with van der Waals surface area (Å²) in [6.45, 7) is 5.92. The van der Waals surface area contributed by atoms with E-state index in [0.29, 0.717) is 31.6 Å². The number of amides is 2. The molecular weight excluding hydrogens is 444 g/mol. The molecule has 0 fully saturated rings. The van der Waals surface area contributed by atoms with Crippen molar-refractivity contribution >= 4 is 39.9 Å². The average Bonchev–Trinajstić information content (AvgIpc) is 2.82. The van der Waals surface area contributed by atoms with Gasteiger partial charge in [0, 0.05) is 16.1 Å². The first kappa shape index (κ1) is 22.2. The van der Waals surface area contributed by atoms with Gasteiger partial charge in [0.05, 0.1) is 38.4 Å². The summed E-state index contributed by atoms with van der Waals surface area (Å²) >= 11 is 6.16. The molecule has 4 rings (SSSR count). The number of benzene rings is 3. The first-order valence-corrected chi connectivity index (χ1v) is 11.7.